The fourth-order valence-corrected chi connectivity index (χ4v) is 9.25. The van der Waals surface area contributed by atoms with Crippen LogP contribution in [-0.2, 0) is 18.6 Å². The number of rotatable bonds is 9. The third kappa shape index (κ3) is 5.00. The van der Waals surface area contributed by atoms with E-state index in [0.717, 1.165) is 10.4 Å². The topological polar surface area (TPSA) is 106 Å². The highest BCUT2D eigenvalue weighted by Gasteiger charge is 2.53. The van der Waals surface area contributed by atoms with E-state index in [1.54, 1.807) is 0 Å². The van der Waals surface area contributed by atoms with E-state index in [2.05, 4.69) is 55.1 Å². The molecule has 1 fully saturated rings. The average Bonchev–Trinajstić information content (AvgIpc) is 3.11. The molecule has 8 nitrogen and oxygen atoms in total. The van der Waals surface area contributed by atoms with Crippen LogP contribution in [0.5, 0.6) is 0 Å². The van der Waals surface area contributed by atoms with Crippen molar-refractivity contribution in [2.24, 2.45) is 5.11 Å². The lowest BCUT2D eigenvalue weighted by atomic mass is 10.1. The fourth-order valence-electron chi connectivity index (χ4n) is 4.68. The number of nitrogens with zero attached hydrogens (tertiary/aromatic N) is 3. The van der Waals surface area contributed by atoms with E-state index in [4.69, 9.17) is 24.2 Å². The number of ether oxygens (including phenoxy) is 3. The van der Waals surface area contributed by atoms with Crippen molar-refractivity contribution in [3.05, 3.63) is 71.1 Å². The minimum Gasteiger partial charge on any atom is -0.405 e. The van der Waals surface area contributed by atoms with Gasteiger partial charge in [0.25, 0.3) is 8.32 Å². The molecular formula is C24H33N3O5Si. The normalized spacial score (nSPS) is 23.5. The van der Waals surface area contributed by atoms with Gasteiger partial charge in [0, 0.05) is 19.1 Å². The molecule has 33 heavy (non-hydrogen) atoms. The van der Waals surface area contributed by atoms with Gasteiger partial charge >= 0.3 is 0 Å². The Morgan fingerprint density at radius 2 is 1.55 bits per heavy atom. The molecule has 0 amide bonds. The Kier molecular flexibility index (Phi) is 8.31. The monoisotopic (exact) mass is 471 g/mol. The van der Waals surface area contributed by atoms with Gasteiger partial charge < -0.3 is 23.7 Å². The van der Waals surface area contributed by atoms with E-state index in [9.17, 15) is 5.11 Å². The zero-order valence-corrected chi connectivity index (χ0v) is 20.8. The van der Waals surface area contributed by atoms with Crippen LogP contribution < -0.4 is 10.4 Å². The van der Waals surface area contributed by atoms with Gasteiger partial charge in [-0.1, -0.05) is 86.5 Å². The predicted octanol–water partition coefficient (Wildman–Crippen LogP) is 2.99. The first-order chi connectivity index (χ1) is 15.8. The zero-order valence-electron chi connectivity index (χ0n) is 19.8. The molecule has 178 valence electrons. The molecule has 1 saturated heterocycles. The Balaban J connectivity index is 2.01. The van der Waals surface area contributed by atoms with Crippen LogP contribution in [0.3, 0.4) is 0 Å². The first-order valence-corrected chi connectivity index (χ1v) is 12.9. The molecule has 0 radical (unpaired) electrons. The van der Waals surface area contributed by atoms with Gasteiger partial charge in [-0.3, -0.25) is 0 Å². The number of hydrogen-bond acceptors (Lipinski definition) is 6. The van der Waals surface area contributed by atoms with Crippen molar-refractivity contribution in [1.29, 1.82) is 0 Å². The minimum atomic E-state index is -2.82. The Morgan fingerprint density at radius 1 is 1.03 bits per heavy atom. The highest BCUT2D eigenvalue weighted by atomic mass is 28.4. The van der Waals surface area contributed by atoms with Crippen LogP contribution in [0.4, 0.5) is 0 Å². The summed E-state index contributed by atoms with van der Waals surface area (Å²) in [7, 11) is 0.126. The van der Waals surface area contributed by atoms with Crippen molar-refractivity contribution >= 4 is 18.7 Å². The lowest BCUT2D eigenvalue weighted by Crippen LogP contribution is -2.67. The molecule has 4 atom stereocenters. The van der Waals surface area contributed by atoms with Crippen LogP contribution in [-0.4, -0.2) is 64.9 Å². The summed E-state index contributed by atoms with van der Waals surface area (Å²) >= 11 is 0. The second-order valence-corrected chi connectivity index (χ2v) is 13.4. The third-order valence-electron chi connectivity index (χ3n) is 6.20. The van der Waals surface area contributed by atoms with Gasteiger partial charge in [-0.25, -0.2) is 0 Å². The Morgan fingerprint density at radius 3 is 1.97 bits per heavy atom. The second kappa shape index (κ2) is 10.8. The summed E-state index contributed by atoms with van der Waals surface area (Å²) < 4.78 is 23.6. The second-order valence-electron chi connectivity index (χ2n) is 9.14. The molecular weight excluding hydrogens is 438 g/mol. The van der Waals surface area contributed by atoms with Gasteiger partial charge in [-0.2, -0.15) is 0 Å². The molecule has 0 spiro atoms. The first-order valence-electron chi connectivity index (χ1n) is 11.0. The minimum absolute atomic E-state index is 0.144. The van der Waals surface area contributed by atoms with Crippen LogP contribution in [0.1, 0.15) is 20.8 Å². The van der Waals surface area contributed by atoms with Gasteiger partial charge in [-0.15, -0.1) is 0 Å². The molecule has 0 aromatic heterocycles. The van der Waals surface area contributed by atoms with Crippen molar-refractivity contribution in [2.45, 2.75) is 56.5 Å². The molecule has 9 heteroatoms. The largest absolute Gasteiger partial charge is 0.405 e. The molecule has 0 aliphatic carbocycles. The highest BCUT2D eigenvalue weighted by Crippen LogP contribution is 2.38. The standard InChI is InChI=1S/C24H33N3O5Si/c1-24(2,3)33(17-12-8-6-9-13-17,18-14-10-7-11-15-18)31-16-19-20(26-27-25)21(28)22(32-19)23(29-4)30-5/h6-15,19-23,28H,16H2,1-5H3/t19-,20-,21+,22+/m0/s1. The summed E-state index contributed by atoms with van der Waals surface area (Å²) in [4.78, 5) is 2.93. The van der Waals surface area contributed by atoms with Crippen LogP contribution in [0.15, 0.2) is 65.8 Å². The highest BCUT2D eigenvalue weighted by molar-refractivity contribution is 6.99. The summed E-state index contributed by atoms with van der Waals surface area (Å²) in [6.45, 7) is 6.69. The summed E-state index contributed by atoms with van der Waals surface area (Å²) in [5.41, 5.74) is 9.11. The quantitative estimate of drug-likeness (QED) is 0.199. The lowest BCUT2D eigenvalue weighted by molar-refractivity contribution is -0.193. The van der Waals surface area contributed by atoms with Crippen LogP contribution in [0.25, 0.3) is 10.4 Å². The summed E-state index contributed by atoms with van der Waals surface area (Å²) in [5.74, 6) is 0. The van der Waals surface area contributed by atoms with Gasteiger partial charge in [0.1, 0.15) is 6.10 Å². The number of aliphatic hydroxyl groups is 1. The number of azide groups is 1. The van der Waals surface area contributed by atoms with Crippen molar-refractivity contribution < 1.29 is 23.7 Å². The molecule has 1 N–H and O–H groups in total. The summed E-state index contributed by atoms with van der Waals surface area (Å²) in [6.07, 6.45) is -3.34. The van der Waals surface area contributed by atoms with E-state index in [1.807, 2.05) is 36.4 Å². The van der Waals surface area contributed by atoms with Crippen molar-refractivity contribution in [1.82, 2.24) is 0 Å². The Labute approximate surface area is 196 Å². The van der Waals surface area contributed by atoms with Crippen LogP contribution in [0, 0.1) is 0 Å². The van der Waals surface area contributed by atoms with Gasteiger partial charge in [-0.05, 0) is 20.9 Å². The molecule has 1 aliphatic rings. The van der Waals surface area contributed by atoms with E-state index >= 15 is 0 Å². The maximum atomic E-state index is 10.8. The molecule has 0 bridgehead atoms. The SMILES string of the molecule is COC(OC)[C@@H]1O[C@@H](CO[Si](c2ccccc2)(c2ccccc2)C(C)(C)C)[C@H](N=[N+]=[N-])[C@H]1O. The third-order valence-corrected chi connectivity index (χ3v) is 11.2. The fraction of sp³-hybridized carbons (Fsp3) is 0.500. The smallest absolute Gasteiger partial charge is 0.261 e. The lowest BCUT2D eigenvalue weighted by Gasteiger charge is -2.43. The number of aliphatic hydroxyl groups excluding tert-OH is 1. The van der Waals surface area contributed by atoms with E-state index < -0.39 is 39.0 Å². The van der Waals surface area contributed by atoms with E-state index in [0.29, 0.717) is 0 Å². The van der Waals surface area contributed by atoms with Crippen LogP contribution in [0.2, 0.25) is 5.04 Å². The molecule has 0 unspecified atom stereocenters. The van der Waals surface area contributed by atoms with Gasteiger partial charge in [0.15, 0.2) is 6.29 Å². The summed E-state index contributed by atoms with van der Waals surface area (Å²) in [6, 6.07) is 19.7. The Bertz CT molecular complexity index is 891. The van der Waals surface area contributed by atoms with Crippen molar-refractivity contribution in [2.75, 3.05) is 20.8 Å². The molecule has 1 aliphatic heterocycles. The van der Waals surface area contributed by atoms with Gasteiger partial charge in [0.2, 0.25) is 0 Å². The van der Waals surface area contributed by atoms with Crippen molar-refractivity contribution in [3.8, 4) is 0 Å². The maximum Gasteiger partial charge on any atom is 0.261 e. The van der Waals surface area contributed by atoms with Gasteiger partial charge in [0.05, 0.1) is 24.9 Å². The zero-order chi connectivity index (χ0) is 24.1. The molecule has 2 aromatic rings. The number of hydrogen-bond donors (Lipinski definition) is 1. The summed E-state index contributed by atoms with van der Waals surface area (Å²) in [5, 5.41) is 16.7. The van der Waals surface area contributed by atoms with Crippen LogP contribution >= 0.6 is 0 Å². The van der Waals surface area contributed by atoms with E-state index in [-0.39, 0.29) is 11.6 Å². The number of benzene rings is 2. The Hall–Kier alpha value is -2.23. The first kappa shape index (κ1) is 25.4. The molecule has 0 saturated carbocycles. The molecule has 1 heterocycles. The number of methoxy groups -OCH3 is 2. The predicted molar refractivity (Wildman–Crippen MR) is 129 cm³/mol. The average molecular weight is 472 g/mol. The molecule has 2 aromatic carbocycles. The molecule has 3 rings (SSSR count). The van der Waals surface area contributed by atoms with E-state index in [1.165, 1.54) is 14.2 Å². The van der Waals surface area contributed by atoms with Crippen molar-refractivity contribution in [3.63, 3.8) is 0 Å². The maximum absolute atomic E-state index is 10.8.